The number of tetrazole rings is 1. The number of rotatable bonds is 9. The first-order valence-corrected chi connectivity index (χ1v) is 13.7. The van der Waals surface area contributed by atoms with Gasteiger partial charge in [-0.3, -0.25) is 4.90 Å². The van der Waals surface area contributed by atoms with E-state index in [1.54, 1.807) is 7.11 Å². The second-order valence-electron chi connectivity index (χ2n) is 10.7. The minimum Gasteiger partial charge on any atom is -0.381 e. The number of anilines is 1. The van der Waals surface area contributed by atoms with Gasteiger partial charge in [0.05, 0.1) is 29.8 Å². The molecule has 2 heterocycles. The lowest BCUT2D eigenvalue weighted by molar-refractivity contribution is -0.143. The largest absolute Gasteiger partial charge is 0.416 e. The maximum absolute atomic E-state index is 13.9. The van der Waals surface area contributed by atoms with Crippen LogP contribution in [0.3, 0.4) is 0 Å². The Morgan fingerprint density at radius 1 is 0.864 bits per heavy atom. The van der Waals surface area contributed by atoms with E-state index in [0.717, 1.165) is 29.8 Å². The predicted molar refractivity (Wildman–Crippen MR) is 141 cm³/mol. The van der Waals surface area contributed by atoms with Gasteiger partial charge in [-0.15, -0.1) is 5.10 Å². The van der Waals surface area contributed by atoms with Crippen LogP contribution in [-0.2, 0) is 43.4 Å². The van der Waals surface area contributed by atoms with E-state index < -0.39 is 41.8 Å². The first-order valence-electron chi connectivity index (χ1n) is 13.7. The number of aryl methyl sites for hydroxylation is 1. The Labute approximate surface area is 247 Å². The fraction of sp³-hybridized carbons (Fsp3) is 0.536. The van der Waals surface area contributed by atoms with Gasteiger partial charge in [0.25, 0.3) is 5.95 Å². The Bertz CT molecular complexity index is 1380. The third-order valence-corrected chi connectivity index (χ3v) is 7.63. The quantitative estimate of drug-likeness (QED) is 0.235. The van der Waals surface area contributed by atoms with E-state index in [1.165, 1.54) is 18.0 Å². The minimum absolute atomic E-state index is 0.0118. The SMILES string of the molecule is CCC(c1ccc(C(F)(F)F)cc1CN(Cc1cc(C(F)(F)F)cc(C(F)(F)F)c1)c1nnn(C)n1)N1CCC(OC)CC1. The zero-order valence-corrected chi connectivity index (χ0v) is 24.1. The van der Waals surface area contributed by atoms with Crippen molar-refractivity contribution < 1.29 is 44.3 Å². The maximum Gasteiger partial charge on any atom is 0.416 e. The second-order valence-corrected chi connectivity index (χ2v) is 10.7. The zero-order valence-electron chi connectivity index (χ0n) is 24.1. The van der Waals surface area contributed by atoms with Crippen molar-refractivity contribution in [2.45, 2.75) is 70.0 Å². The van der Waals surface area contributed by atoms with Crippen LogP contribution in [0.25, 0.3) is 0 Å². The number of alkyl halides is 9. The minimum atomic E-state index is -5.08. The van der Waals surface area contributed by atoms with Crippen molar-refractivity contribution in [3.8, 4) is 0 Å². The molecule has 0 radical (unpaired) electrons. The van der Waals surface area contributed by atoms with Crippen molar-refractivity contribution >= 4 is 5.95 Å². The number of likely N-dealkylation sites (tertiary alicyclic amines) is 1. The number of piperidine rings is 1. The highest BCUT2D eigenvalue weighted by Gasteiger charge is 2.38. The van der Waals surface area contributed by atoms with E-state index in [1.807, 2.05) is 6.92 Å². The van der Waals surface area contributed by atoms with Gasteiger partial charge in [0.15, 0.2) is 0 Å². The van der Waals surface area contributed by atoms with Crippen molar-refractivity contribution in [3.63, 3.8) is 0 Å². The fourth-order valence-electron chi connectivity index (χ4n) is 5.48. The Morgan fingerprint density at radius 2 is 1.45 bits per heavy atom. The van der Waals surface area contributed by atoms with Crippen LogP contribution in [-0.4, -0.2) is 51.4 Å². The normalized spacial score (nSPS) is 16.4. The van der Waals surface area contributed by atoms with Crippen LogP contribution in [0.2, 0.25) is 0 Å². The summed E-state index contributed by atoms with van der Waals surface area (Å²) in [7, 11) is 3.01. The van der Waals surface area contributed by atoms with Crippen LogP contribution in [0.15, 0.2) is 36.4 Å². The number of ether oxygens (including phenoxy) is 1. The van der Waals surface area contributed by atoms with Gasteiger partial charge >= 0.3 is 18.5 Å². The summed E-state index contributed by atoms with van der Waals surface area (Å²) in [4.78, 5) is 4.37. The molecule has 0 amide bonds. The van der Waals surface area contributed by atoms with Crippen LogP contribution in [0.5, 0.6) is 0 Å². The van der Waals surface area contributed by atoms with E-state index in [2.05, 4.69) is 20.3 Å². The van der Waals surface area contributed by atoms with Crippen LogP contribution in [0, 0.1) is 0 Å². The summed E-state index contributed by atoms with van der Waals surface area (Å²) in [5.74, 6) is -0.184. The highest BCUT2D eigenvalue weighted by molar-refractivity contribution is 5.42. The van der Waals surface area contributed by atoms with Crippen molar-refractivity contribution in [1.82, 2.24) is 25.1 Å². The van der Waals surface area contributed by atoms with Crippen molar-refractivity contribution in [2.24, 2.45) is 7.05 Å². The molecule has 1 unspecified atom stereocenters. The molecule has 3 aromatic rings. The van der Waals surface area contributed by atoms with Crippen LogP contribution in [0.1, 0.15) is 65.6 Å². The smallest absolute Gasteiger partial charge is 0.381 e. The molecule has 242 valence electrons. The van der Waals surface area contributed by atoms with E-state index in [0.29, 0.717) is 37.2 Å². The van der Waals surface area contributed by atoms with E-state index >= 15 is 0 Å². The second kappa shape index (κ2) is 12.9. The van der Waals surface area contributed by atoms with Gasteiger partial charge in [-0.25, -0.2) is 0 Å². The molecule has 2 aromatic carbocycles. The van der Waals surface area contributed by atoms with Crippen LogP contribution in [0.4, 0.5) is 45.5 Å². The van der Waals surface area contributed by atoms with E-state index in [9.17, 15) is 39.5 Å². The zero-order chi connectivity index (χ0) is 32.4. The van der Waals surface area contributed by atoms with Crippen LogP contribution >= 0.6 is 0 Å². The molecule has 0 aliphatic carbocycles. The summed E-state index contributed by atoms with van der Waals surface area (Å²) >= 11 is 0. The number of halogens is 9. The molecule has 0 saturated carbocycles. The first-order chi connectivity index (χ1) is 20.5. The van der Waals surface area contributed by atoms with E-state index in [4.69, 9.17) is 4.74 Å². The Morgan fingerprint density at radius 3 is 1.93 bits per heavy atom. The third kappa shape index (κ3) is 8.00. The molecule has 0 spiro atoms. The van der Waals surface area contributed by atoms with Gasteiger partial charge in [0, 0.05) is 39.3 Å². The number of benzene rings is 2. The molecule has 1 saturated heterocycles. The fourth-order valence-corrected chi connectivity index (χ4v) is 5.48. The van der Waals surface area contributed by atoms with Crippen molar-refractivity contribution in [1.29, 1.82) is 0 Å². The number of hydrogen-bond acceptors (Lipinski definition) is 6. The lowest BCUT2D eigenvalue weighted by Crippen LogP contribution is -2.39. The number of nitrogens with zero attached hydrogens (tertiary/aromatic N) is 6. The average Bonchev–Trinajstić information content (AvgIpc) is 3.38. The van der Waals surface area contributed by atoms with E-state index in [-0.39, 0.29) is 41.8 Å². The highest BCUT2D eigenvalue weighted by Crippen LogP contribution is 2.38. The molecule has 4 rings (SSSR count). The molecule has 1 aliphatic heterocycles. The van der Waals surface area contributed by atoms with Crippen molar-refractivity contribution in [3.05, 3.63) is 69.8 Å². The maximum atomic E-state index is 13.9. The van der Waals surface area contributed by atoms with Gasteiger partial charge in [0.2, 0.25) is 0 Å². The van der Waals surface area contributed by atoms with Gasteiger partial charge in [-0.2, -0.15) is 44.3 Å². The number of hydrogen-bond donors (Lipinski definition) is 0. The summed E-state index contributed by atoms with van der Waals surface area (Å²) < 4.78 is 128. The van der Waals surface area contributed by atoms with Crippen molar-refractivity contribution in [2.75, 3.05) is 25.1 Å². The topological polar surface area (TPSA) is 59.3 Å². The molecule has 1 aliphatic rings. The molecular weight excluding hydrogens is 607 g/mol. The molecule has 16 heteroatoms. The predicted octanol–water partition coefficient (Wildman–Crippen LogP) is 7.04. The van der Waals surface area contributed by atoms with Gasteiger partial charge in [-0.1, -0.05) is 18.1 Å². The molecule has 1 fully saturated rings. The third-order valence-electron chi connectivity index (χ3n) is 7.63. The summed E-state index contributed by atoms with van der Waals surface area (Å²) in [6, 6.07) is 4.14. The lowest BCUT2D eigenvalue weighted by atomic mass is 9.92. The molecule has 7 nitrogen and oxygen atoms in total. The Kier molecular flexibility index (Phi) is 9.83. The standard InChI is InChI=1S/C28H31F9N6O/c1-4-24(42-9-7-22(44-3)8-10-42)23-6-5-19(26(29,30)31)13-18(23)16-43(25-38-40-41(2)39-25)15-17-11-20(27(32,33)34)14-21(12-17)28(35,36)37/h5-6,11-14,22,24H,4,7-10,15-16H2,1-3H3. The molecule has 44 heavy (non-hydrogen) atoms. The number of aromatic nitrogens is 4. The number of methoxy groups -OCH3 is 1. The molecule has 1 atom stereocenters. The van der Waals surface area contributed by atoms with Gasteiger partial charge in [0.1, 0.15) is 0 Å². The molecule has 0 bridgehead atoms. The summed E-state index contributed by atoms with van der Waals surface area (Å²) in [6.07, 6.45) is -12.8. The molecule has 1 aromatic heterocycles. The van der Waals surface area contributed by atoms with Gasteiger partial charge in [-0.05, 0) is 71.5 Å². The molecule has 0 N–H and O–H groups in total. The summed E-state index contributed by atoms with van der Waals surface area (Å²) in [6.45, 7) is 2.20. The first kappa shape index (κ1) is 33.5. The highest BCUT2D eigenvalue weighted by atomic mass is 19.4. The molecular formula is C28H31F9N6O. The van der Waals surface area contributed by atoms with Gasteiger partial charge < -0.3 is 9.64 Å². The average molecular weight is 639 g/mol. The van der Waals surface area contributed by atoms with Crippen LogP contribution < -0.4 is 4.90 Å². The Balaban J connectivity index is 1.79. The lowest BCUT2D eigenvalue weighted by Gasteiger charge is -2.38. The summed E-state index contributed by atoms with van der Waals surface area (Å²) in [5.41, 5.74) is -3.64. The monoisotopic (exact) mass is 638 g/mol. The Hall–Kier alpha value is -3.40. The summed E-state index contributed by atoms with van der Waals surface area (Å²) in [5, 5.41) is 11.6.